The molecule has 19 heavy (non-hydrogen) atoms. The molecule has 1 fully saturated rings. The molecule has 112 valence electrons. The van der Waals surface area contributed by atoms with Crippen LogP contribution in [-0.4, -0.2) is 61.0 Å². The van der Waals surface area contributed by atoms with Gasteiger partial charge in [0, 0.05) is 19.6 Å². The molecule has 1 atom stereocenters. The van der Waals surface area contributed by atoms with Gasteiger partial charge in [-0.15, -0.1) is 0 Å². The van der Waals surface area contributed by atoms with Gasteiger partial charge in [-0.05, 0) is 38.4 Å². The van der Waals surface area contributed by atoms with Crippen LogP contribution < -0.4 is 5.32 Å². The van der Waals surface area contributed by atoms with Crippen LogP contribution in [0, 0.1) is 5.92 Å². The molecule has 1 amide bonds. The Bertz CT molecular complexity index is 258. The topological polar surface area (TPSA) is 35.6 Å². The molecule has 1 N–H and O–H groups in total. The SMILES string of the molecule is CCN(CC)CCN(CC(C)C)C(=O)[C@H]1CCCN1. The first-order chi connectivity index (χ1) is 9.08. The predicted molar refractivity (Wildman–Crippen MR) is 80.2 cm³/mol. The third-order valence-corrected chi connectivity index (χ3v) is 3.84. The van der Waals surface area contributed by atoms with Crippen LogP contribution in [-0.2, 0) is 4.79 Å². The van der Waals surface area contributed by atoms with Crippen molar-refractivity contribution in [3.05, 3.63) is 0 Å². The van der Waals surface area contributed by atoms with E-state index >= 15 is 0 Å². The van der Waals surface area contributed by atoms with E-state index in [9.17, 15) is 4.79 Å². The summed E-state index contributed by atoms with van der Waals surface area (Å²) in [4.78, 5) is 17.0. The van der Waals surface area contributed by atoms with Crippen LogP contribution in [0.5, 0.6) is 0 Å². The molecular weight excluding hydrogens is 238 g/mol. The zero-order chi connectivity index (χ0) is 14.3. The molecule has 1 aliphatic heterocycles. The summed E-state index contributed by atoms with van der Waals surface area (Å²) in [6.07, 6.45) is 2.13. The van der Waals surface area contributed by atoms with Crippen LogP contribution >= 0.6 is 0 Å². The van der Waals surface area contributed by atoms with Crippen molar-refractivity contribution in [2.75, 3.05) is 39.3 Å². The molecule has 0 aromatic rings. The molecular formula is C15H31N3O. The maximum absolute atomic E-state index is 12.5. The Morgan fingerprint density at radius 2 is 1.95 bits per heavy atom. The highest BCUT2D eigenvalue weighted by atomic mass is 16.2. The van der Waals surface area contributed by atoms with Gasteiger partial charge in [0.1, 0.15) is 0 Å². The molecule has 0 aromatic carbocycles. The fourth-order valence-corrected chi connectivity index (χ4v) is 2.65. The molecule has 0 radical (unpaired) electrons. The van der Waals surface area contributed by atoms with Crippen molar-refractivity contribution in [1.29, 1.82) is 0 Å². The van der Waals surface area contributed by atoms with Gasteiger partial charge < -0.3 is 15.1 Å². The minimum Gasteiger partial charge on any atom is -0.340 e. The van der Waals surface area contributed by atoms with Crippen molar-refractivity contribution in [1.82, 2.24) is 15.1 Å². The van der Waals surface area contributed by atoms with Gasteiger partial charge in [-0.25, -0.2) is 0 Å². The number of hydrogen-bond acceptors (Lipinski definition) is 3. The van der Waals surface area contributed by atoms with Gasteiger partial charge in [-0.2, -0.15) is 0 Å². The Morgan fingerprint density at radius 3 is 2.42 bits per heavy atom. The minimum atomic E-state index is 0.0652. The first-order valence-corrected chi connectivity index (χ1v) is 7.83. The van der Waals surface area contributed by atoms with Crippen molar-refractivity contribution in [3.8, 4) is 0 Å². The van der Waals surface area contributed by atoms with Crippen molar-refractivity contribution in [3.63, 3.8) is 0 Å². The van der Waals surface area contributed by atoms with Crippen LogP contribution in [0.1, 0.15) is 40.5 Å². The second-order valence-electron chi connectivity index (χ2n) is 5.85. The molecule has 1 saturated heterocycles. The molecule has 0 spiro atoms. The van der Waals surface area contributed by atoms with Crippen molar-refractivity contribution in [2.45, 2.75) is 46.6 Å². The van der Waals surface area contributed by atoms with E-state index in [1.807, 2.05) is 0 Å². The molecule has 0 unspecified atom stereocenters. The molecule has 1 aliphatic rings. The summed E-state index contributed by atoms with van der Waals surface area (Å²) < 4.78 is 0. The van der Waals surface area contributed by atoms with E-state index in [2.05, 4.69) is 42.8 Å². The molecule has 4 heteroatoms. The number of carbonyl (C=O) groups excluding carboxylic acids is 1. The second-order valence-corrected chi connectivity index (χ2v) is 5.85. The maximum Gasteiger partial charge on any atom is 0.239 e. The van der Waals surface area contributed by atoms with E-state index in [1.54, 1.807) is 0 Å². The van der Waals surface area contributed by atoms with E-state index < -0.39 is 0 Å². The summed E-state index contributed by atoms with van der Waals surface area (Å²) in [5.41, 5.74) is 0. The first kappa shape index (κ1) is 16.4. The Balaban J connectivity index is 2.52. The average Bonchev–Trinajstić information content (AvgIpc) is 2.91. The highest BCUT2D eigenvalue weighted by Gasteiger charge is 2.27. The Labute approximate surface area is 118 Å². The smallest absolute Gasteiger partial charge is 0.239 e. The van der Waals surface area contributed by atoms with Crippen molar-refractivity contribution in [2.24, 2.45) is 5.92 Å². The van der Waals surface area contributed by atoms with Crippen LogP contribution in [0.3, 0.4) is 0 Å². The second kappa shape index (κ2) is 8.54. The Morgan fingerprint density at radius 1 is 1.26 bits per heavy atom. The number of amides is 1. The molecule has 4 nitrogen and oxygen atoms in total. The monoisotopic (exact) mass is 269 g/mol. The average molecular weight is 269 g/mol. The number of nitrogens with zero attached hydrogens (tertiary/aromatic N) is 2. The number of likely N-dealkylation sites (N-methyl/N-ethyl adjacent to an activating group) is 1. The van der Waals surface area contributed by atoms with Crippen LogP contribution in [0.25, 0.3) is 0 Å². The van der Waals surface area contributed by atoms with E-state index in [4.69, 9.17) is 0 Å². The fraction of sp³-hybridized carbons (Fsp3) is 0.933. The highest BCUT2D eigenvalue weighted by molar-refractivity contribution is 5.82. The van der Waals surface area contributed by atoms with Gasteiger partial charge in [-0.1, -0.05) is 27.7 Å². The Hall–Kier alpha value is -0.610. The maximum atomic E-state index is 12.5. The van der Waals surface area contributed by atoms with Crippen LogP contribution in [0.4, 0.5) is 0 Å². The zero-order valence-electron chi connectivity index (χ0n) is 13.1. The largest absolute Gasteiger partial charge is 0.340 e. The van der Waals surface area contributed by atoms with Crippen molar-refractivity contribution < 1.29 is 4.79 Å². The summed E-state index contributed by atoms with van der Waals surface area (Å²) in [6.45, 7) is 14.5. The number of hydrogen-bond donors (Lipinski definition) is 1. The quantitative estimate of drug-likeness (QED) is 0.726. The molecule has 1 heterocycles. The number of rotatable bonds is 8. The molecule has 0 aromatic heterocycles. The van der Waals surface area contributed by atoms with E-state index in [0.29, 0.717) is 11.8 Å². The van der Waals surface area contributed by atoms with Gasteiger partial charge in [-0.3, -0.25) is 4.79 Å². The third kappa shape index (κ3) is 5.49. The summed E-state index contributed by atoms with van der Waals surface area (Å²) in [7, 11) is 0. The standard InChI is InChI=1S/C15H31N3O/c1-5-17(6-2)10-11-18(12-13(3)4)15(19)14-8-7-9-16-14/h13-14,16H,5-12H2,1-4H3/t14-/m1/s1. The van der Waals surface area contributed by atoms with E-state index in [1.165, 1.54) is 0 Å². The summed E-state index contributed by atoms with van der Waals surface area (Å²) in [6, 6.07) is 0.0652. The van der Waals surface area contributed by atoms with Gasteiger partial charge in [0.25, 0.3) is 0 Å². The number of nitrogens with one attached hydrogen (secondary N) is 1. The molecule has 0 aliphatic carbocycles. The molecule has 0 bridgehead atoms. The normalized spacial score (nSPS) is 19.4. The zero-order valence-corrected chi connectivity index (χ0v) is 13.1. The minimum absolute atomic E-state index is 0.0652. The highest BCUT2D eigenvalue weighted by Crippen LogP contribution is 2.10. The van der Waals surface area contributed by atoms with Crippen LogP contribution in [0.2, 0.25) is 0 Å². The lowest BCUT2D eigenvalue weighted by Gasteiger charge is -2.30. The van der Waals surface area contributed by atoms with E-state index in [-0.39, 0.29) is 6.04 Å². The Kier molecular flexibility index (Phi) is 7.39. The van der Waals surface area contributed by atoms with Gasteiger partial charge >= 0.3 is 0 Å². The van der Waals surface area contributed by atoms with Gasteiger partial charge in [0.15, 0.2) is 0 Å². The molecule has 1 rings (SSSR count). The summed E-state index contributed by atoms with van der Waals surface area (Å²) in [5, 5.41) is 3.32. The fourth-order valence-electron chi connectivity index (χ4n) is 2.65. The van der Waals surface area contributed by atoms with E-state index in [0.717, 1.165) is 52.1 Å². The summed E-state index contributed by atoms with van der Waals surface area (Å²) >= 11 is 0. The lowest BCUT2D eigenvalue weighted by Crippen LogP contribution is -2.47. The summed E-state index contributed by atoms with van der Waals surface area (Å²) in [5.74, 6) is 0.834. The first-order valence-electron chi connectivity index (χ1n) is 7.83. The van der Waals surface area contributed by atoms with Crippen LogP contribution in [0.15, 0.2) is 0 Å². The lowest BCUT2D eigenvalue weighted by atomic mass is 10.1. The van der Waals surface area contributed by atoms with Gasteiger partial charge in [0.05, 0.1) is 6.04 Å². The third-order valence-electron chi connectivity index (χ3n) is 3.84. The number of carbonyl (C=O) groups is 1. The predicted octanol–water partition coefficient (Wildman–Crippen LogP) is 1.56. The van der Waals surface area contributed by atoms with Crippen molar-refractivity contribution >= 4 is 5.91 Å². The van der Waals surface area contributed by atoms with Gasteiger partial charge in [0.2, 0.25) is 5.91 Å². The molecule has 0 saturated carbocycles. The lowest BCUT2D eigenvalue weighted by molar-refractivity contribution is -0.133.